The molecule has 1 aromatic heterocycles. The number of halogens is 1. The van der Waals surface area contributed by atoms with Gasteiger partial charge in [-0.25, -0.2) is 4.98 Å². The van der Waals surface area contributed by atoms with E-state index >= 15 is 0 Å². The number of benzene rings is 1. The van der Waals surface area contributed by atoms with Gasteiger partial charge in [0.05, 0.1) is 18.4 Å². The van der Waals surface area contributed by atoms with Gasteiger partial charge in [-0.3, -0.25) is 0 Å². The summed E-state index contributed by atoms with van der Waals surface area (Å²) in [5.41, 5.74) is 7.47. The zero-order chi connectivity index (χ0) is 13.2. The molecule has 1 atom stereocenters. The molecule has 0 saturated carbocycles. The predicted octanol–water partition coefficient (Wildman–Crippen LogP) is 2.13. The summed E-state index contributed by atoms with van der Waals surface area (Å²) in [4.78, 5) is 7.86. The summed E-state index contributed by atoms with van der Waals surface area (Å²) in [7, 11) is 0. The number of nitrogens with two attached hydrogens (primary N) is 1. The van der Waals surface area contributed by atoms with Gasteiger partial charge in [0.25, 0.3) is 0 Å². The maximum absolute atomic E-state index is 5.82. The summed E-state index contributed by atoms with van der Waals surface area (Å²) in [6, 6.07) is 8.04. The van der Waals surface area contributed by atoms with Crippen molar-refractivity contribution >= 4 is 23.1 Å². The number of hydrogen-bond donors (Lipinski definition) is 2. The van der Waals surface area contributed by atoms with E-state index in [1.54, 1.807) is 0 Å². The van der Waals surface area contributed by atoms with Gasteiger partial charge in [-0.2, -0.15) is 4.98 Å². The molecule has 1 unspecified atom stereocenters. The van der Waals surface area contributed by atoms with Crippen molar-refractivity contribution in [3.63, 3.8) is 0 Å². The Balaban J connectivity index is 1.64. The van der Waals surface area contributed by atoms with E-state index < -0.39 is 0 Å². The molecule has 5 nitrogen and oxygen atoms in total. The van der Waals surface area contributed by atoms with Crippen molar-refractivity contribution in [2.24, 2.45) is 0 Å². The van der Waals surface area contributed by atoms with Gasteiger partial charge in [0.1, 0.15) is 11.9 Å². The fourth-order valence-electron chi connectivity index (χ4n) is 2.09. The first-order chi connectivity index (χ1) is 9.22. The Bertz CT molecular complexity index is 580. The van der Waals surface area contributed by atoms with E-state index in [2.05, 4.69) is 21.4 Å². The van der Waals surface area contributed by atoms with Crippen LogP contribution in [0.2, 0.25) is 5.28 Å². The minimum absolute atomic E-state index is 0.0746. The van der Waals surface area contributed by atoms with E-state index in [0.29, 0.717) is 18.1 Å². The number of hydrogen-bond acceptors (Lipinski definition) is 5. The van der Waals surface area contributed by atoms with Crippen molar-refractivity contribution in [3.05, 3.63) is 41.3 Å². The van der Waals surface area contributed by atoms with Crippen LogP contribution in [0, 0.1) is 0 Å². The lowest BCUT2D eigenvalue weighted by molar-refractivity contribution is 0.246. The van der Waals surface area contributed by atoms with Gasteiger partial charge in [0, 0.05) is 6.42 Å². The summed E-state index contributed by atoms with van der Waals surface area (Å²) >= 11 is 5.74. The van der Waals surface area contributed by atoms with Crippen LogP contribution in [0.4, 0.5) is 11.5 Å². The molecule has 1 aliphatic rings. The minimum atomic E-state index is 0.0746. The first-order valence-electron chi connectivity index (χ1n) is 5.99. The molecule has 6 heteroatoms. The van der Waals surface area contributed by atoms with Gasteiger partial charge in [0.2, 0.25) is 5.28 Å². The second-order valence-electron chi connectivity index (χ2n) is 4.38. The summed E-state index contributed by atoms with van der Waals surface area (Å²) < 4.78 is 5.82. The van der Waals surface area contributed by atoms with E-state index in [-0.39, 0.29) is 11.4 Å². The molecule has 0 fully saturated rings. The monoisotopic (exact) mass is 276 g/mol. The number of nitrogens with zero attached hydrogens (tertiary/aromatic N) is 2. The molecule has 1 aliphatic heterocycles. The molecule has 0 bridgehead atoms. The quantitative estimate of drug-likeness (QED) is 0.840. The lowest BCUT2D eigenvalue weighted by Gasteiger charge is -2.13. The van der Waals surface area contributed by atoms with Crippen molar-refractivity contribution in [2.45, 2.75) is 12.5 Å². The van der Waals surface area contributed by atoms with E-state index in [0.717, 1.165) is 12.2 Å². The number of fused-ring (bicyclic) bond motifs is 1. The second kappa shape index (κ2) is 4.93. The predicted molar refractivity (Wildman–Crippen MR) is 74.5 cm³/mol. The molecule has 2 heterocycles. The lowest BCUT2D eigenvalue weighted by atomic mass is 10.1. The Morgan fingerprint density at radius 1 is 1.42 bits per heavy atom. The van der Waals surface area contributed by atoms with Gasteiger partial charge in [-0.05, 0) is 23.2 Å². The first kappa shape index (κ1) is 12.0. The van der Waals surface area contributed by atoms with Crippen LogP contribution in [0.5, 0.6) is 5.75 Å². The number of nitrogens with one attached hydrogen (secondary N) is 1. The highest BCUT2D eigenvalue weighted by atomic mass is 35.5. The summed E-state index contributed by atoms with van der Waals surface area (Å²) in [5.74, 6) is 1.49. The molecular formula is C13H13ClN4O. The third-order valence-electron chi connectivity index (χ3n) is 3.00. The van der Waals surface area contributed by atoms with Crippen LogP contribution in [0.25, 0.3) is 0 Å². The van der Waals surface area contributed by atoms with E-state index in [1.807, 2.05) is 18.2 Å². The van der Waals surface area contributed by atoms with Crippen molar-refractivity contribution in [1.82, 2.24) is 9.97 Å². The molecule has 0 saturated heterocycles. The molecular weight excluding hydrogens is 264 g/mol. The molecule has 0 amide bonds. The van der Waals surface area contributed by atoms with Crippen molar-refractivity contribution in [2.75, 3.05) is 17.6 Å². The van der Waals surface area contributed by atoms with Crippen LogP contribution < -0.4 is 15.8 Å². The highest BCUT2D eigenvalue weighted by molar-refractivity contribution is 6.28. The zero-order valence-corrected chi connectivity index (χ0v) is 10.9. The van der Waals surface area contributed by atoms with Gasteiger partial charge in [-0.15, -0.1) is 0 Å². The normalized spacial score (nSPS) is 16.8. The van der Waals surface area contributed by atoms with E-state index in [1.165, 1.54) is 11.8 Å². The third-order valence-corrected chi connectivity index (χ3v) is 3.18. The van der Waals surface area contributed by atoms with Crippen LogP contribution in [0.1, 0.15) is 5.56 Å². The number of aromatic nitrogens is 2. The SMILES string of the molecule is Nc1cnc(Cl)nc1NCC1Cc2ccccc2O1. The number of anilines is 2. The highest BCUT2D eigenvalue weighted by Crippen LogP contribution is 2.28. The van der Waals surface area contributed by atoms with Crippen molar-refractivity contribution in [1.29, 1.82) is 0 Å². The Morgan fingerprint density at radius 2 is 2.26 bits per heavy atom. The molecule has 0 radical (unpaired) electrons. The first-order valence-corrected chi connectivity index (χ1v) is 6.36. The summed E-state index contributed by atoms with van der Waals surface area (Å²) in [6.45, 7) is 0.617. The smallest absolute Gasteiger partial charge is 0.224 e. The molecule has 3 rings (SSSR count). The fraction of sp³-hybridized carbons (Fsp3) is 0.231. The van der Waals surface area contributed by atoms with Gasteiger partial charge in [0.15, 0.2) is 5.82 Å². The number of ether oxygens (including phenoxy) is 1. The Hall–Kier alpha value is -2.01. The van der Waals surface area contributed by atoms with E-state index in [9.17, 15) is 0 Å². The number of rotatable bonds is 3. The van der Waals surface area contributed by atoms with Gasteiger partial charge >= 0.3 is 0 Å². The minimum Gasteiger partial charge on any atom is -0.488 e. The Labute approximate surface area is 115 Å². The van der Waals surface area contributed by atoms with Crippen LogP contribution in [0.15, 0.2) is 30.5 Å². The molecule has 0 spiro atoms. The van der Waals surface area contributed by atoms with Crippen LogP contribution in [-0.4, -0.2) is 22.6 Å². The topological polar surface area (TPSA) is 73.1 Å². The van der Waals surface area contributed by atoms with Crippen molar-refractivity contribution < 1.29 is 4.74 Å². The van der Waals surface area contributed by atoms with Crippen molar-refractivity contribution in [3.8, 4) is 5.75 Å². The van der Waals surface area contributed by atoms with Crippen LogP contribution in [-0.2, 0) is 6.42 Å². The fourth-order valence-corrected chi connectivity index (χ4v) is 2.22. The maximum Gasteiger partial charge on any atom is 0.224 e. The summed E-state index contributed by atoms with van der Waals surface area (Å²) in [6.07, 6.45) is 2.44. The number of nitrogen functional groups attached to an aromatic ring is 1. The Morgan fingerprint density at radius 3 is 3.11 bits per heavy atom. The molecule has 98 valence electrons. The highest BCUT2D eigenvalue weighted by Gasteiger charge is 2.22. The van der Waals surface area contributed by atoms with Gasteiger partial charge < -0.3 is 15.8 Å². The second-order valence-corrected chi connectivity index (χ2v) is 4.71. The van der Waals surface area contributed by atoms with E-state index in [4.69, 9.17) is 22.1 Å². The molecule has 19 heavy (non-hydrogen) atoms. The Kier molecular flexibility index (Phi) is 3.13. The zero-order valence-electron chi connectivity index (χ0n) is 10.1. The standard InChI is InChI=1S/C13H13ClN4O/c14-13-17-7-10(15)12(18-13)16-6-9-5-8-3-1-2-4-11(8)19-9/h1-4,7,9H,5-6,15H2,(H,16,17,18). The average Bonchev–Trinajstić information content (AvgIpc) is 2.82. The third kappa shape index (κ3) is 2.56. The largest absolute Gasteiger partial charge is 0.488 e. The maximum atomic E-state index is 5.82. The molecule has 2 aromatic rings. The molecule has 0 aliphatic carbocycles. The van der Waals surface area contributed by atoms with Gasteiger partial charge in [-0.1, -0.05) is 18.2 Å². The average molecular weight is 277 g/mol. The molecule has 1 aromatic carbocycles. The lowest BCUT2D eigenvalue weighted by Crippen LogP contribution is -2.24. The number of para-hydroxylation sites is 1. The van der Waals surface area contributed by atoms with Crippen LogP contribution >= 0.6 is 11.6 Å². The molecule has 3 N–H and O–H groups in total. The summed E-state index contributed by atoms with van der Waals surface area (Å²) in [5, 5.41) is 3.32. The van der Waals surface area contributed by atoms with Crippen LogP contribution in [0.3, 0.4) is 0 Å².